The molecule has 7 heteroatoms. The average Bonchev–Trinajstić information content (AvgIpc) is 2.94. The fourth-order valence-corrected chi connectivity index (χ4v) is 2.11. The van der Waals surface area contributed by atoms with E-state index in [1.165, 1.54) is 31.5 Å². The number of esters is 1. The number of benzene rings is 2. The van der Waals surface area contributed by atoms with Crippen molar-refractivity contribution in [3.63, 3.8) is 0 Å². The molecule has 0 amide bonds. The highest BCUT2D eigenvalue weighted by Gasteiger charge is 2.19. The number of fused-ring (bicyclic) bond motifs is 1. The molecule has 0 aliphatic carbocycles. The molecule has 0 aliphatic rings. The van der Waals surface area contributed by atoms with Gasteiger partial charge in [0.15, 0.2) is 12.0 Å². The molecule has 22 heavy (non-hydrogen) atoms. The Kier molecular flexibility index (Phi) is 3.30. The zero-order chi connectivity index (χ0) is 15.7. The van der Waals surface area contributed by atoms with Gasteiger partial charge >= 0.3 is 5.97 Å². The molecule has 0 atom stereocenters. The van der Waals surface area contributed by atoms with Gasteiger partial charge in [0.25, 0.3) is 5.69 Å². The van der Waals surface area contributed by atoms with E-state index in [4.69, 9.17) is 9.15 Å². The summed E-state index contributed by atoms with van der Waals surface area (Å²) in [5, 5.41) is 10.9. The van der Waals surface area contributed by atoms with Gasteiger partial charge in [0.2, 0.25) is 0 Å². The summed E-state index contributed by atoms with van der Waals surface area (Å²) in [6.45, 7) is 1.51. The molecular formula is C15H10N2O5. The van der Waals surface area contributed by atoms with Crippen molar-refractivity contribution in [2.24, 2.45) is 0 Å². The fraction of sp³-hybridized carbons (Fsp3) is 0.0667. The predicted molar refractivity (Wildman–Crippen MR) is 76.8 cm³/mol. The van der Waals surface area contributed by atoms with Crippen LogP contribution in [0.4, 0.5) is 5.69 Å². The molecule has 0 unspecified atom stereocenters. The topological polar surface area (TPSA) is 95.5 Å². The first-order chi connectivity index (χ1) is 10.6. The van der Waals surface area contributed by atoms with Crippen LogP contribution < -0.4 is 4.74 Å². The lowest BCUT2D eigenvalue weighted by atomic mass is 10.1. The zero-order valence-electron chi connectivity index (χ0n) is 11.5. The summed E-state index contributed by atoms with van der Waals surface area (Å²) in [6.07, 6.45) is 1.29. The van der Waals surface area contributed by atoms with Crippen LogP contribution in [-0.2, 0) is 0 Å². The molecule has 7 nitrogen and oxygen atoms in total. The molecule has 0 radical (unpaired) electrons. The van der Waals surface area contributed by atoms with Crippen molar-refractivity contribution in [1.82, 2.24) is 4.98 Å². The summed E-state index contributed by atoms with van der Waals surface area (Å²) in [4.78, 5) is 26.5. The maximum Gasteiger partial charge on any atom is 0.344 e. The van der Waals surface area contributed by atoms with Gasteiger partial charge < -0.3 is 9.15 Å². The second-order valence-corrected chi connectivity index (χ2v) is 4.58. The number of oxazole rings is 1. The van der Waals surface area contributed by atoms with Gasteiger partial charge in [-0.25, -0.2) is 9.78 Å². The minimum atomic E-state index is -0.663. The van der Waals surface area contributed by atoms with Crippen LogP contribution in [0.25, 0.3) is 11.1 Å². The van der Waals surface area contributed by atoms with E-state index < -0.39 is 10.9 Å². The minimum absolute atomic E-state index is 0.124. The van der Waals surface area contributed by atoms with E-state index in [2.05, 4.69) is 4.98 Å². The van der Waals surface area contributed by atoms with Crippen molar-refractivity contribution >= 4 is 22.8 Å². The number of nitro groups is 1. The maximum atomic E-state index is 12.2. The van der Waals surface area contributed by atoms with Crippen LogP contribution in [-0.4, -0.2) is 15.9 Å². The largest absolute Gasteiger partial charge is 0.443 e. The standard InChI is InChI=1S/C15H10N2O5/c1-9-11(3-2-4-13(9)17(19)20)15(18)22-10-5-6-14-12(7-10)16-8-21-14/h2-8H,1H3. The van der Waals surface area contributed by atoms with Crippen molar-refractivity contribution < 1.29 is 18.9 Å². The van der Waals surface area contributed by atoms with Crippen LogP contribution in [0.15, 0.2) is 47.2 Å². The lowest BCUT2D eigenvalue weighted by Gasteiger charge is -2.07. The van der Waals surface area contributed by atoms with Gasteiger partial charge in [0, 0.05) is 17.7 Å². The molecule has 0 aliphatic heterocycles. The molecule has 0 spiro atoms. The summed E-state index contributed by atoms with van der Waals surface area (Å²) in [6, 6.07) is 9.03. The maximum absolute atomic E-state index is 12.2. The van der Waals surface area contributed by atoms with Gasteiger partial charge in [-0.2, -0.15) is 0 Å². The van der Waals surface area contributed by atoms with Crippen LogP contribution >= 0.6 is 0 Å². The highest BCUT2D eigenvalue weighted by Crippen LogP contribution is 2.24. The first-order valence-electron chi connectivity index (χ1n) is 6.35. The molecule has 0 bridgehead atoms. The molecule has 0 saturated carbocycles. The fourth-order valence-electron chi connectivity index (χ4n) is 2.11. The number of carbonyl (C=O) groups is 1. The number of ether oxygens (including phenoxy) is 1. The Balaban J connectivity index is 1.91. The first kappa shape index (κ1) is 13.7. The summed E-state index contributed by atoms with van der Waals surface area (Å²) in [5.41, 5.74) is 1.42. The Bertz CT molecular complexity index is 885. The van der Waals surface area contributed by atoms with Gasteiger partial charge in [-0.05, 0) is 25.1 Å². The highest BCUT2D eigenvalue weighted by atomic mass is 16.6. The molecule has 0 saturated heterocycles. The Morgan fingerprint density at radius 1 is 1.32 bits per heavy atom. The van der Waals surface area contributed by atoms with Crippen LogP contribution in [0.5, 0.6) is 5.75 Å². The van der Waals surface area contributed by atoms with E-state index >= 15 is 0 Å². The van der Waals surface area contributed by atoms with E-state index in [0.717, 1.165) is 0 Å². The molecular weight excluding hydrogens is 288 g/mol. The zero-order valence-corrected chi connectivity index (χ0v) is 11.5. The molecule has 3 aromatic rings. The summed E-state index contributed by atoms with van der Waals surface area (Å²) in [7, 11) is 0. The van der Waals surface area contributed by atoms with E-state index in [0.29, 0.717) is 11.1 Å². The Morgan fingerprint density at radius 2 is 2.14 bits per heavy atom. The van der Waals surface area contributed by atoms with Gasteiger partial charge in [-0.3, -0.25) is 10.1 Å². The third-order valence-electron chi connectivity index (χ3n) is 3.23. The smallest absolute Gasteiger partial charge is 0.344 e. The van der Waals surface area contributed by atoms with E-state index in [1.54, 1.807) is 18.2 Å². The SMILES string of the molecule is Cc1c(C(=O)Oc2ccc3ocnc3c2)cccc1[N+](=O)[O-]. The van der Waals surface area contributed by atoms with Gasteiger partial charge in [-0.1, -0.05) is 6.07 Å². The number of carbonyl (C=O) groups excluding carboxylic acids is 1. The van der Waals surface area contributed by atoms with Gasteiger partial charge in [0.05, 0.1) is 10.5 Å². The lowest BCUT2D eigenvalue weighted by Crippen LogP contribution is -2.11. The van der Waals surface area contributed by atoms with Crippen LogP contribution in [0, 0.1) is 17.0 Å². The molecule has 0 N–H and O–H groups in total. The Labute approximate surface area is 124 Å². The number of nitrogens with zero attached hydrogens (tertiary/aromatic N) is 2. The lowest BCUT2D eigenvalue weighted by molar-refractivity contribution is -0.385. The van der Waals surface area contributed by atoms with Crippen molar-refractivity contribution in [1.29, 1.82) is 0 Å². The third-order valence-corrected chi connectivity index (χ3v) is 3.23. The number of rotatable bonds is 3. The van der Waals surface area contributed by atoms with Gasteiger partial charge in [-0.15, -0.1) is 0 Å². The number of aromatic nitrogens is 1. The van der Waals surface area contributed by atoms with Crippen molar-refractivity contribution in [2.75, 3.05) is 0 Å². The van der Waals surface area contributed by atoms with Crippen LogP contribution in [0.2, 0.25) is 0 Å². The quantitative estimate of drug-likeness (QED) is 0.319. The third kappa shape index (κ3) is 2.39. The van der Waals surface area contributed by atoms with Crippen molar-refractivity contribution in [2.45, 2.75) is 6.92 Å². The van der Waals surface area contributed by atoms with E-state index in [-0.39, 0.29) is 22.6 Å². The first-order valence-corrected chi connectivity index (χ1v) is 6.35. The predicted octanol–water partition coefficient (Wildman–Crippen LogP) is 3.26. The minimum Gasteiger partial charge on any atom is -0.443 e. The molecule has 0 fully saturated rings. The number of hydrogen-bond acceptors (Lipinski definition) is 6. The highest BCUT2D eigenvalue weighted by molar-refractivity contribution is 5.94. The van der Waals surface area contributed by atoms with Crippen molar-refractivity contribution in [3.05, 3.63) is 64.0 Å². The monoisotopic (exact) mass is 298 g/mol. The van der Waals surface area contributed by atoms with Crippen LogP contribution in [0.3, 0.4) is 0 Å². The number of nitro benzene ring substituents is 1. The van der Waals surface area contributed by atoms with E-state index in [9.17, 15) is 14.9 Å². The second-order valence-electron chi connectivity index (χ2n) is 4.58. The normalized spacial score (nSPS) is 10.6. The van der Waals surface area contributed by atoms with Gasteiger partial charge in [0.1, 0.15) is 11.3 Å². The molecule has 2 aromatic carbocycles. The number of hydrogen-bond donors (Lipinski definition) is 0. The summed E-state index contributed by atoms with van der Waals surface area (Å²) < 4.78 is 10.3. The molecule has 110 valence electrons. The van der Waals surface area contributed by atoms with Crippen molar-refractivity contribution in [3.8, 4) is 5.75 Å². The Hall–Kier alpha value is -3.22. The van der Waals surface area contributed by atoms with Crippen LogP contribution in [0.1, 0.15) is 15.9 Å². The van der Waals surface area contributed by atoms with E-state index in [1.807, 2.05) is 0 Å². The molecule has 1 heterocycles. The Morgan fingerprint density at radius 3 is 2.91 bits per heavy atom. The second kappa shape index (κ2) is 5.28. The average molecular weight is 298 g/mol. The summed E-state index contributed by atoms with van der Waals surface area (Å²) >= 11 is 0. The molecule has 3 rings (SSSR count). The molecule has 1 aromatic heterocycles. The summed E-state index contributed by atoms with van der Waals surface area (Å²) in [5.74, 6) is -0.374.